The second-order valence-electron chi connectivity index (χ2n) is 5.76. The van der Waals surface area contributed by atoms with Crippen LogP contribution in [0.2, 0.25) is 0 Å². The highest BCUT2D eigenvalue weighted by Crippen LogP contribution is 2.23. The van der Waals surface area contributed by atoms with Crippen molar-refractivity contribution < 1.29 is 14.3 Å². The molecule has 0 aliphatic heterocycles. The zero-order chi connectivity index (χ0) is 19.2. The Morgan fingerprint density at radius 2 is 1.59 bits per heavy atom. The first-order valence-corrected chi connectivity index (χ1v) is 8.57. The maximum Gasteiger partial charge on any atom is 0.343 e. The molecule has 3 aromatic rings. The molecule has 3 rings (SSSR count). The van der Waals surface area contributed by atoms with Gasteiger partial charge in [0.2, 0.25) is 0 Å². The molecule has 0 atom stereocenters. The summed E-state index contributed by atoms with van der Waals surface area (Å²) in [5.41, 5.74) is 1.84. The van der Waals surface area contributed by atoms with Crippen molar-refractivity contribution in [1.29, 1.82) is 0 Å². The van der Waals surface area contributed by atoms with E-state index >= 15 is 0 Å². The molecule has 1 N–H and O–H groups in total. The minimum atomic E-state index is -0.571. The monoisotopic (exact) mass is 361 g/mol. The lowest BCUT2D eigenvalue weighted by Gasteiger charge is -2.13. The molecule has 0 bridgehead atoms. The molecule has 1 aromatic heterocycles. The Kier molecular flexibility index (Phi) is 5.56. The largest absolute Gasteiger partial charge is 0.462 e. The van der Waals surface area contributed by atoms with Crippen LogP contribution in [0.4, 0.5) is 5.82 Å². The fraction of sp³-hybridized carbons (Fsp3) is 0.143. The number of carbonyl (C=O) groups is 2. The Morgan fingerprint density at radius 3 is 2.22 bits per heavy atom. The number of ether oxygens (including phenoxy) is 1. The molecule has 0 fully saturated rings. The van der Waals surface area contributed by atoms with E-state index in [4.69, 9.17) is 4.74 Å². The van der Waals surface area contributed by atoms with Gasteiger partial charge in [-0.05, 0) is 26.0 Å². The van der Waals surface area contributed by atoms with Crippen LogP contribution in [0.5, 0.6) is 0 Å². The Bertz CT molecular complexity index is 957. The fourth-order valence-corrected chi connectivity index (χ4v) is 2.60. The van der Waals surface area contributed by atoms with Crippen LogP contribution in [0.3, 0.4) is 0 Å². The van der Waals surface area contributed by atoms with E-state index in [1.165, 1.54) is 0 Å². The van der Waals surface area contributed by atoms with E-state index < -0.39 is 5.97 Å². The number of hydrogen-bond donors (Lipinski definition) is 1. The molecule has 6 nitrogen and oxygen atoms in total. The highest BCUT2D eigenvalue weighted by Gasteiger charge is 2.22. The Labute approximate surface area is 157 Å². The SMILES string of the molecule is CCOC(=O)c1c(C)nc(-c2ccccc2)nc1NC(=O)c1ccccc1. The number of esters is 1. The molecule has 0 saturated heterocycles. The van der Waals surface area contributed by atoms with Gasteiger partial charge in [0.1, 0.15) is 5.56 Å². The molecule has 0 saturated carbocycles. The minimum Gasteiger partial charge on any atom is -0.462 e. The summed E-state index contributed by atoms with van der Waals surface area (Å²) in [4.78, 5) is 33.8. The van der Waals surface area contributed by atoms with Crippen molar-refractivity contribution in [3.63, 3.8) is 0 Å². The number of rotatable bonds is 5. The van der Waals surface area contributed by atoms with Crippen LogP contribution in [0, 0.1) is 6.92 Å². The molecule has 0 unspecified atom stereocenters. The summed E-state index contributed by atoms with van der Waals surface area (Å²) in [7, 11) is 0. The summed E-state index contributed by atoms with van der Waals surface area (Å²) in [6.07, 6.45) is 0. The Hall–Kier alpha value is -3.54. The first kappa shape index (κ1) is 18.3. The topological polar surface area (TPSA) is 81.2 Å². The summed E-state index contributed by atoms with van der Waals surface area (Å²) in [6, 6.07) is 18.1. The number of amides is 1. The maximum absolute atomic E-state index is 12.6. The van der Waals surface area contributed by atoms with Gasteiger partial charge in [0.25, 0.3) is 5.91 Å². The Balaban J connectivity index is 2.06. The molecule has 1 heterocycles. The van der Waals surface area contributed by atoms with Gasteiger partial charge in [-0.1, -0.05) is 48.5 Å². The summed E-state index contributed by atoms with van der Waals surface area (Å²) in [5.74, 6) is -0.380. The van der Waals surface area contributed by atoms with Crippen molar-refractivity contribution in [1.82, 2.24) is 9.97 Å². The molecule has 0 aliphatic rings. The fourth-order valence-electron chi connectivity index (χ4n) is 2.60. The number of aromatic nitrogens is 2. The van der Waals surface area contributed by atoms with Crippen LogP contribution in [0.15, 0.2) is 60.7 Å². The quantitative estimate of drug-likeness (QED) is 0.698. The van der Waals surface area contributed by atoms with Gasteiger partial charge in [-0.25, -0.2) is 14.8 Å². The van der Waals surface area contributed by atoms with Gasteiger partial charge in [0, 0.05) is 11.1 Å². The molecule has 0 aliphatic carbocycles. The van der Waals surface area contributed by atoms with Gasteiger partial charge in [-0.3, -0.25) is 4.79 Å². The molecule has 0 radical (unpaired) electrons. The van der Waals surface area contributed by atoms with Crippen LogP contribution in [-0.2, 0) is 4.74 Å². The first-order valence-electron chi connectivity index (χ1n) is 8.57. The third-order valence-corrected chi connectivity index (χ3v) is 3.87. The van der Waals surface area contributed by atoms with Gasteiger partial charge in [0.15, 0.2) is 11.6 Å². The van der Waals surface area contributed by atoms with Gasteiger partial charge in [-0.15, -0.1) is 0 Å². The van der Waals surface area contributed by atoms with Crippen molar-refractivity contribution in [2.24, 2.45) is 0 Å². The third-order valence-electron chi connectivity index (χ3n) is 3.87. The van der Waals surface area contributed by atoms with Crippen LogP contribution >= 0.6 is 0 Å². The van der Waals surface area contributed by atoms with Crippen molar-refractivity contribution in [3.05, 3.63) is 77.5 Å². The van der Waals surface area contributed by atoms with Crippen LogP contribution in [-0.4, -0.2) is 28.5 Å². The number of nitrogens with one attached hydrogen (secondary N) is 1. The van der Waals surface area contributed by atoms with E-state index in [0.29, 0.717) is 17.1 Å². The van der Waals surface area contributed by atoms with Crippen LogP contribution in [0.1, 0.15) is 33.3 Å². The van der Waals surface area contributed by atoms with Crippen molar-refractivity contribution >= 4 is 17.7 Å². The third kappa shape index (κ3) is 4.17. The first-order chi connectivity index (χ1) is 13.1. The van der Waals surface area contributed by atoms with Crippen LogP contribution < -0.4 is 5.32 Å². The lowest BCUT2D eigenvalue weighted by atomic mass is 10.1. The smallest absolute Gasteiger partial charge is 0.343 e. The molecular weight excluding hydrogens is 342 g/mol. The highest BCUT2D eigenvalue weighted by molar-refractivity contribution is 6.07. The van der Waals surface area contributed by atoms with Gasteiger partial charge < -0.3 is 10.1 Å². The number of carbonyl (C=O) groups excluding carboxylic acids is 2. The van der Waals surface area contributed by atoms with Crippen molar-refractivity contribution in [2.75, 3.05) is 11.9 Å². The average Bonchev–Trinajstić information content (AvgIpc) is 2.69. The van der Waals surface area contributed by atoms with E-state index in [9.17, 15) is 9.59 Å². The van der Waals surface area contributed by atoms with E-state index in [-0.39, 0.29) is 23.9 Å². The average molecular weight is 361 g/mol. The zero-order valence-corrected chi connectivity index (χ0v) is 15.1. The predicted molar refractivity (Wildman–Crippen MR) is 103 cm³/mol. The summed E-state index contributed by atoms with van der Waals surface area (Å²) >= 11 is 0. The van der Waals surface area contributed by atoms with E-state index in [1.54, 1.807) is 38.1 Å². The molecule has 2 aromatic carbocycles. The van der Waals surface area contributed by atoms with Gasteiger partial charge >= 0.3 is 5.97 Å². The van der Waals surface area contributed by atoms with Gasteiger partial charge in [0.05, 0.1) is 12.3 Å². The minimum absolute atomic E-state index is 0.133. The number of benzene rings is 2. The van der Waals surface area contributed by atoms with E-state index in [2.05, 4.69) is 15.3 Å². The molecule has 136 valence electrons. The standard InChI is InChI=1S/C21H19N3O3/c1-3-27-21(26)17-14(2)22-18(15-10-6-4-7-11-15)23-19(17)24-20(25)16-12-8-5-9-13-16/h4-13H,3H2,1-2H3,(H,22,23,24,25). The number of aryl methyl sites for hydroxylation is 1. The second kappa shape index (κ2) is 8.23. The lowest BCUT2D eigenvalue weighted by molar-refractivity contribution is 0.0526. The second-order valence-corrected chi connectivity index (χ2v) is 5.76. The highest BCUT2D eigenvalue weighted by atomic mass is 16.5. The molecule has 27 heavy (non-hydrogen) atoms. The predicted octanol–water partition coefficient (Wildman–Crippen LogP) is 3.88. The van der Waals surface area contributed by atoms with Crippen molar-refractivity contribution in [2.45, 2.75) is 13.8 Å². The Morgan fingerprint density at radius 1 is 0.963 bits per heavy atom. The molecular formula is C21H19N3O3. The molecule has 0 spiro atoms. The van der Waals surface area contributed by atoms with Gasteiger partial charge in [-0.2, -0.15) is 0 Å². The zero-order valence-electron chi connectivity index (χ0n) is 15.1. The van der Waals surface area contributed by atoms with E-state index in [1.807, 2.05) is 36.4 Å². The van der Waals surface area contributed by atoms with E-state index in [0.717, 1.165) is 5.56 Å². The number of anilines is 1. The summed E-state index contributed by atoms with van der Waals surface area (Å²) in [6.45, 7) is 3.62. The van der Waals surface area contributed by atoms with Crippen molar-refractivity contribution in [3.8, 4) is 11.4 Å². The maximum atomic E-state index is 12.6. The molecule has 6 heteroatoms. The number of nitrogens with zero attached hydrogens (tertiary/aromatic N) is 2. The summed E-state index contributed by atoms with van der Waals surface area (Å²) < 4.78 is 5.11. The summed E-state index contributed by atoms with van der Waals surface area (Å²) in [5, 5.41) is 2.73. The van der Waals surface area contributed by atoms with Crippen LogP contribution in [0.25, 0.3) is 11.4 Å². The lowest BCUT2D eigenvalue weighted by Crippen LogP contribution is -2.19. The molecule has 1 amide bonds. The number of hydrogen-bond acceptors (Lipinski definition) is 5. The normalized spacial score (nSPS) is 10.3.